The number of amides is 1. The molecule has 0 bridgehead atoms. The maximum Gasteiger partial charge on any atom is 0.258 e. The van der Waals surface area contributed by atoms with E-state index >= 15 is 0 Å². The SMILES string of the molecule is CCc1cccc(OCC(=O)NCc2ccc(Cn3cncn3)cc2)c1. The van der Waals surface area contributed by atoms with E-state index < -0.39 is 0 Å². The van der Waals surface area contributed by atoms with E-state index in [4.69, 9.17) is 4.74 Å². The second-order valence-corrected chi connectivity index (χ2v) is 5.98. The summed E-state index contributed by atoms with van der Waals surface area (Å²) in [5.74, 6) is 0.579. The van der Waals surface area contributed by atoms with Gasteiger partial charge in [-0.25, -0.2) is 9.67 Å². The Morgan fingerprint density at radius 3 is 2.65 bits per heavy atom. The maximum atomic E-state index is 12.0. The van der Waals surface area contributed by atoms with Gasteiger partial charge in [0.1, 0.15) is 18.4 Å². The van der Waals surface area contributed by atoms with E-state index in [1.54, 1.807) is 11.0 Å². The molecule has 134 valence electrons. The number of aromatic nitrogens is 3. The fourth-order valence-electron chi connectivity index (χ4n) is 2.52. The third kappa shape index (κ3) is 5.17. The van der Waals surface area contributed by atoms with Crippen molar-refractivity contribution in [1.29, 1.82) is 0 Å². The van der Waals surface area contributed by atoms with Crippen LogP contribution in [0.25, 0.3) is 0 Å². The van der Waals surface area contributed by atoms with Gasteiger partial charge in [-0.3, -0.25) is 4.79 Å². The summed E-state index contributed by atoms with van der Waals surface area (Å²) in [4.78, 5) is 15.9. The highest BCUT2D eigenvalue weighted by Crippen LogP contribution is 2.13. The van der Waals surface area contributed by atoms with Crippen LogP contribution >= 0.6 is 0 Å². The molecule has 0 aliphatic carbocycles. The van der Waals surface area contributed by atoms with E-state index in [0.29, 0.717) is 13.1 Å². The van der Waals surface area contributed by atoms with Crippen molar-refractivity contribution in [2.75, 3.05) is 6.61 Å². The van der Waals surface area contributed by atoms with Gasteiger partial charge in [-0.1, -0.05) is 43.3 Å². The Kier molecular flexibility index (Phi) is 5.98. The molecule has 3 aromatic rings. The molecule has 2 aromatic carbocycles. The maximum absolute atomic E-state index is 12.0. The molecular formula is C20H22N4O2. The van der Waals surface area contributed by atoms with Crippen LogP contribution in [0.3, 0.4) is 0 Å². The minimum absolute atomic E-state index is 0.0115. The van der Waals surface area contributed by atoms with Crippen molar-refractivity contribution in [3.8, 4) is 5.75 Å². The number of benzene rings is 2. The third-order valence-corrected chi connectivity index (χ3v) is 4.00. The Morgan fingerprint density at radius 2 is 1.92 bits per heavy atom. The molecule has 1 amide bonds. The van der Waals surface area contributed by atoms with Crippen LogP contribution in [0.2, 0.25) is 0 Å². The lowest BCUT2D eigenvalue weighted by molar-refractivity contribution is -0.123. The number of hydrogen-bond acceptors (Lipinski definition) is 4. The topological polar surface area (TPSA) is 69.0 Å². The number of carbonyl (C=O) groups is 1. The standard InChI is InChI=1S/C20H22N4O2/c1-2-16-4-3-5-19(10-16)26-13-20(25)22-11-17-6-8-18(9-7-17)12-24-15-21-14-23-24/h3-10,14-15H,2,11-13H2,1H3,(H,22,25). The summed E-state index contributed by atoms with van der Waals surface area (Å²) in [5.41, 5.74) is 3.35. The Bertz CT molecular complexity index is 829. The first kappa shape index (κ1) is 17.7. The first-order valence-corrected chi connectivity index (χ1v) is 8.61. The monoisotopic (exact) mass is 350 g/mol. The zero-order valence-corrected chi connectivity index (χ0v) is 14.8. The number of carbonyl (C=O) groups excluding carboxylic acids is 1. The molecule has 6 nitrogen and oxygen atoms in total. The second kappa shape index (κ2) is 8.80. The molecule has 0 aliphatic rings. The number of hydrogen-bond donors (Lipinski definition) is 1. The van der Waals surface area contributed by atoms with Crippen molar-refractivity contribution >= 4 is 5.91 Å². The van der Waals surface area contributed by atoms with E-state index in [2.05, 4.69) is 22.3 Å². The molecular weight excluding hydrogens is 328 g/mol. The fourth-order valence-corrected chi connectivity index (χ4v) is 2.52. The molecule has 6 heteroatoms. The predicted molar refractivity (Wildman–Crippen MR) is 98.7 cm³/mol. The van der Waals surface area contributed by atoms with Crippen molar-refractivity contribution in [2.45, 2.75) is 26.4 Å². The van der Waals surface area contributed by atoms with Crippen LogP contribution in [0.4, 0.5) is 0 Å². The van der Waals surface area contributed by atoms with Gasteiger partial charge in [0, 0.05) is 6.54 Å². The number of nitrogens with one attached hydrogen (secondary N) is 1. The lowest BCUT2D eigenvalue weighted by Gasteiger charge is -2.09. The normalized spacial score (nSPS) is 10.5. The van der Waals surface area contributed by atoms with Gasteiger partial charge in [-0.2, -0.15) is 5.10 Å². The molecule has 0 spiro atoms. The van der Waals surface area contributed by atoms with Gasteiger partial charge in [0.15, 0.2) is 6.61 Å². The molecule has 0 saturated carbocycles. The molecule has 1 aromatic heterocycles. The summed E-state index contributed by atoms with van der Waals surface area (Å²) in [6, 6.07) is 15.8. The molecule has 0 fully saturated rings. The average molecular weight is 350 g/mol. The molecule has 0 unspecified atom stereocenters. The summed E-state index contributed by atoms with van der Waals surface area (Å²) >= 11 is 0. The van der Waals surface area contributed by atoms with Crippen LogP contribution in [-0.2, 0) is 24.3 Å². The smallest absolute Gasteiger partial charge is 0.258 e. The number of ether oxygens (including phenoxy) is 1. The van der Waals surface area contributed by atoms with Crippen LogP contribution in [0.1, 0.15) is 23.6 Å². The van der Waals surface area contributed by atoms with Gasteiger partial charge >= 0.3 is 0 Å². The molecule has 3 rings (SSSR count). The average Bonchev–Trinajstić information content (AvgIpc) is 3.19. The van der Waals surface area contributed by atoms with Gasteiger partial charge in [0.25, 0.3) is 5.91 Å². The van der Waals surface area contributed by atoms with Gasteiger partial charge in [0.2, 0.25) is 0 Å². The van der Waals surface area contributed by atoms with Crippen LogP contribution in [0.15, 0.2) is 61.2 Å². The first-order valence-electron chi connectivity index (χ1n) is 8.61. The first-order chi connectivity index (χ1) is 12.7. The molecule has 0 aliphatic heterocycles. The van der Waals surface area contributed by atoms with Gasteiger partial charge < -0.3 is 10.1 Å². The van der Waals surface area contributed by atoms with Gasteiger partial charge in [0.05, 0.1) is 6.54 Å². The summed E-state index contributed by atoms with van der Waals surface area (Å²) in [7, 11) is 0. The van der Waals surface area contributed by atoms with E-state index in [9.17, 15) is 4.79 Å². The Hall–Kier alpha value is -3.15. The summed E-state index contributed by atoms with van der Waals surface area (Å²) < 4.78 is 7.31. The quantitative estimate of drug-likeness (QED) is 0.678. The van der Waals surface area contributed by atoms with Crippen LogP contribution in [-0.4, -0.2) is 27.3 Å². The van der Waals surface area contributed by atoms with Gasteiger partial charge in [-0.15, -0.1) is 0 Å². The number of aryl methyl sites for hydroxylation is 1. The highest BCUT2D eigenvalue weighted by molar-refractivity contribution is 5.77. The minimum atomic E-state index is -0.140. The highest BCUT2D eigenvalue weighted by Gasteiger charge is 2.04. The zero-order chi connectivity index (χ0) is 18.2. The lowest BCUT2D eigenvalue weighted by Crippen LogP contribution is -2.28. The molecule has 1 heterocycles. The Morgan fingerprint density at radius 1 is 1.12 bits per heavy atom. The predicted octanol–water partition coefficient (Wildman–Crippen LogP) is 2.58. The summed E-state index contributed by atoms with van der Waals surface area (Å²) in [6.45, 7) is 3.25. The molecule has 0 atom stereocenters. The number of rotatable bonds is 8. The van der Waals surface area contributed by atoms with E-state index in [-0.39, 0.29) is 12.5 Å². The van der Waals surface area contributed by atoms with Crippen molar-refractivity contribution in [2.24, 2.45) is 0 Å². The molecule has 1 N–H and O–H groups in total. The van der Waals surface area contributed by atoms with Crippen LogP contribution < -0.4 is 10.1 Å². The molecule has 0 radical (unpaired) electrons. The highest BCUT2D eigenvalue weighted by atomic mass is 16.5. The summed E-state index contributed by atoms with van der Waals surface area (Å²) in [6.07, 6.45) is 4.14. The van der Waals surface area contributed by atoms with Gasteiger partial charge in [-0.05, 0) is 35.2 Å². The minimum Gasteiger partial charge on any atom is -0.484 e. The summed E-state index contributed by atoms with van der Waals surface area (Å²) in [5, 5.41) is 6.96. The van der Waals surface area contributed by atoms with Crippen molar-refractivity contribution in [3.05, 3.63) is 77.9 Å². The van der Waals surface area contributed by atoms with E-state index in [1.165, 1.54) is 11.9 Å². The zero-order valence-electron chi connectivity index (χ0n) is 14.8. The van der Waals surface area contributed by atoms with E-state index in [0.717, 1.165) is 23.3 Å². The third-order valence-electron chi connectivity index (χ3n) is 4.00. The second-order valence-electron chi connectivity index (χ2n) is 5.98. The Labute approximate surface area is 152 Å². The van der Waals surface area contributed by atoms with Crippen molar-refractivity contribution in [3.63, 3.8) is 0 Å². The fraction of sp³-hybridized carbons (Fsp3) is 0.250. The largest absolute Gasteiger partial charge is 0.484 e. The van der Waals surface area contributed by atoms with Crippen LogP contribution in [0.5, 0.6) is 5.75 Å². The lowest BCUT2D eigenvalue weighted by atomic mass is 10.1. The Balaban J connectivity index is 1.43. The molecule has 26 heavy (non-hydrogen) atoms. The number of nitrogens with zero attached hydrogens (tertiary/aromatic N) is 3. The van der Waals surface area contributed by atoms with Crippen LogP contribution in [0, 0.1) is 0 Å². The van der Waals surface area contributed by atoms with Crippen molar-refractivity contribution in [1.82, 2.24) is 20.1 Å². The van der Waals surface area contributed by atoms with Crippen molar-refractivity contribution < 1.29 is 9.53 Å². The molecule has 0 saturated heterocycles. The van der Waals surface area contributed by atoms with E-state index in [1.807, 2.05) is 48.5 Å².